The third-order valence-corrected chi connectivity index (χ3v) is 1.24. The molecule has 4 N–H and O–H groups in total. The van der Waals surface area contributed by atoms with Crippen molar-refractivity contribution < 1.29 is 4.79 Å². The Morgan fingerprint density at radius 3 is 2.91 bits per heavy atom. The van der Waals surface area contributed by atoms with Gasteiger partial charge in [-0.3, -0.25) is 9.48 Å². The fraction of sp³-hybridized carbons (Fsp3) is 0.333. The molecule has 0 saturated heterocycles. The van der Waals surface area contributed by atoms with E-state index in [-0.39, 0.29) is 6.54 Å². The maximum Gasteiger partial charge on any atom is 0.239 e. The van der Waals surface area contributed by atoms with Crippen LogP contribution in [0.15, 0.2) is 12.4 Å². The van der Waals surface area contributed by atoms with Crippen LogP contribution >= 0.6 is 0 Å². The molecule has 60 valence electrons. The summed E-state index contributed by atoms with van der Waals surface area (Å²) < 4.78 is 1.46. The highest BCUT2D eigenvalue weighted by Gasteiger charge is 1.98. The molecule has 11 heavy (non-hydrogen) atoms. The number of rotatable bonds is 3. The van der Waals surface area contributed by atoms with Gasteiger partial charge in [-0.05, 0) is 0 Å². The quantitative estimate of drug-likeness (QED) is 0.575. The number of carbonyl (C=O) groups excluding carboxylic acids is 1. The zero-order valence-electron chi connectivity index (χ0n) is 6.03. The summed E-state index contributed by atoms with van der Waals surface area (Å²) in [5, 5.41) is 3.86. The van der Waals surface area contributed by atoms with Gasteiger partial charge in [-0.2, -0.15) is 5.10 Å². The second kappa shape index (κ2) is 3.16. The van der Waals surface area contributed by atoms with Crippen molar-refractivity contribution in [1.29, 1.82) is 0 Å². The van der Waals surface area contributed by atoms with Gasteiger partial charge in [0.2, 0.25) is 5.91 Å². The first-order valence-electron chi connectivity index (χ1n) is 3.22. The lowest BCUT2D eigenvalue weighted by Crippen LogP contribution is -2.18. The van der Waals surface area contributed by atoms with Crippen LogP contribution < -0.4 is 11.5 Å². The summed E-state index contributed by atoms with van der Waals surface area (Å²) in [6.45, 7) is 0.540. The van der Waals surface area contributed by atoms with Crippen molar-refractivity contribution in [3.63, 3.8) is 0 Å². The number of amides is 1. The molecule has 0 fully saturated rings. The molecule has 0 radical (unpaired) electrons. The Balaban J connectivity index is 2.65. The summed E-state index contributed by atoms with van der Waals surface area (Å²) >= 11 is 0. The Morgan fingerprint density at radius 1 is 1.73 bits per heavy atom. The number of hydrogen-bond donors (Lipinski definition) is 2. The molecule has 0 aliphatic heterocycles. The number of carbonyl (C=O) groups is 1. The monoisotopic (exact) mass is 154 g/mol. The zero-order chi connectivity index (χ0) is 8.27. The maximum atomic E-state index is 10.4. The average Bonchev–Trinajstić information content (AvgIpc) is 2.34. The molecule has 0 aliphatic rings. The lowest BCUT2D eigenvalue weighted by molar-refractivity contribution is -0.118. The summed E-state index contributed by atoms with van der Waals surface area (Å²) in [5.41, 5.74) is 11.2. The molecule has 5 nitrogen and oxygen atoms in total. The number of nitrogens with zero attached hydrogens (tertiary/aromatic N) is 2. The minimum atomic E-state index is -0.406. The highest BCUT2D eigenvalue weighted by atomic mass is 16.1. The van der Waals surface area contributed by atoms with Crippen molar-refractivity contribution in [2.75, 3.05) is 0 Å². The highest BCUT2D eigenvalue weighted by molar-refractivity contribution is 5.73. The van der Waals surface area contributed by atoms with Crippen molar-refractivity contribution >= 4 is 5.91 Å². The van der Waals surface area contributed by atoms with E-state index < -0.39 is 5.91 Å². The highest BCUT2D eigenvalue weighted by Crippen LogP contribution is 1.94. The smallest absolute Gasteiger partial charge is 0.239 e. The van der Waals surface area contributed by atoms with Gasteiger partial charge in [0.25, 0.3) is 0 Å². The molecule has 0 saturated carbocycles. The van der Waals surface area contributed by atoms with E-state index in [2.05, 4.69) is 5.10 Å². The first kappa shape index (κ1) is 7.74. The van der Waals surface area contributed by atoms with Crippen molar-refractivity contribution in [2.24, 2.45) is 11.5 Å². The van der Waals surface area contributed by atoms with Gasteiger partial charge in [0.1, 0.15) is 6.54 Å². The van der Waals surface area contributed by atoms with Crippen molar-refractivity contribution in [3.8, 4) is 0 Å². The van der Waals surface area contributed by atoms with Crippen LogP contribution in [-0.4, -0.2) is 15.7 Å². The minimum absolute atomic E-state index is 0.111. The zero-order valence-corrected chi connectivity index (χ0v) is 6.03. The predicted molar refractivity (Wildman–Crippen MR) is 39.3 cm³/mol. The van der Waals surface area contributed by atoms with E-state index in [9.17, 15) is 4.79 Å². The van der Waals surface area contributed by atoms with Gasteiger partial charge in [-0.15, -0.1) is 0 Å². The Labute approximate surface area is 64.0 Å². The van der Waals surface area contributed by atoms with Crippen LogP contribution in [0.1, 0.15) is 5.56 Å². The maximum absolute atomic E-state index is 10.4. The van der Waals surface area contributed by atoms with Crippen LogP contribution in [0.25, 0.3) is 0 Å². The van der Waals surface area contributed by atoms with Gasteiger partial charge in [0.15, 0.2) is 0 Å². The predicted octanol–water partition coefficient (Wildman–Crippen LogP) is -1.17. The molecular formula is C6H10N4O. The SMILES string of the molecule is NCc1cnn(CC(N)=O)c1. The van der Waals surface area contributed by atoms with Gasteiger partial charge >= 0.3 is 0 Å². The Bertz CT molecular complexity index is 255. The van der Waals surface area contributed by atoms with Gasteiger partial charge in [-0.25, -0.2) is 0 Å². The third kappa shape index (κ3) is 2.05. The average molecular weight is 154 g/mol. The fourth-order valence-electron chi connectivity index (χ4n) is 0.758. The van der Waals surface area contributed by atoms with Crippen LogP contribution in [0.3, 0.4) is 0 Å². The normalized spacial score (nSPS) is 9.91. The second-order valence-corrected chi connectivity index (χ2v) is 2.22. The van der Waals surface area contributed by atoms with E-state index in [1.807, 2.05) is 0 Å². The van der Waals surface area contributed by atoms with Gasteiger partial charge in [-0.1, -0.05) is 0 Å². The Kier molecular flexibility index (Phi) is 2.22. The summed E-state index contributed by atoms with van der Waals surface area (Å²) in [4.78, 5) is 10.4. The summed E-state index contributed by atoms with van der Waals surface area (Å²) in [6, 6.07) is 0. The summed E-state index contributed by atoms with van der Waals surface area (Å²) in [7, 11) is 0. The molecule has 0 aromatic carbocycles. The van der Waals surface area contributed by atoms with E-state index in [0.717, 1.165) is 5.56 Å². The van der Waals surface area contributed by atoms with E-state index in [4.69, 9.17) is 11.5 Å². The molecule has 1 rings (SSSR count). The van der Waals surface area contributed by atoms with E-state index in [0.29, 0.717) is 6.54 Å². The van der Waals surface area contributed by atoms with Crippen LogP contribution in [0, 0.1) is 0 Å². The molecule has 0 bridgehead atoms. The van der Waals surface area contributed by atoms with E-state index in [1.54, 1.807) is 12.4 Å². The number of hydrogen-bond acceptors (Lipinski definition) is 3. The lowest BCUT2D eigenvalue weighted by Gasteiger charge is -1.93. The summed E-state index contributed by atoms with van der Waals surface area (Å²) in [5.74, 6) is -0.406. The second-order valence-electron chi connectivity index (χ2n) is 2.22. The number of aromatic nitrogens is 2. The van der Waals surface area contributed by atoms with Crippen LogP contribution in [0.2, 0.25) is 0 Å². The van der Waals surface area contributed by atoms with Gasteiger partial charge in [0.05, 0.1) is 6.20 Å². The first-order valence-corrected chi connectivity index (χ1v) is 3.22. The molecule has 1 amide bonds. The molecule has 1 aromatic heterocycles. The number of nitrogens with two attached hydrogens (primary N) is 2. The minimum Gasteiger partial charge on any atom is -0.368 e. The summed E-state index contributed by atoms with van der Waals surface area (Å²) in [6.07, 6.45) is 3.31. The molecule has 1 heterocycles. The van der Waals surface area contributed by atoms with Crippen LogP contribution in [0.4, 0.5) is 0 Å². The Hall–Kier alpha value is -1.36. The molecule has 0 unspecified atom stereocenters. The van der Waals surface area contributed by atoms with Crippen molar-refractivity contribution in [3.05, 3.63) is 18.0 Å². The molecule has 1 aromatic rings. The van der Waals surface area contributed by atoms with Crippen molar-refractivity contribution in [1.82, 2.24) is 9.78 Å². The number of primary amides is 1. The standard InChI is InChI=1S/C6H10N4O/c7-1-5-2-9-10(3-5)4-6(8)11/h2-3H,1,4,7H2,(H2,8,11). The molecule has 0 aliphatic carbocycles. The molecule has 0 atom stereocenters. The fourth-order valence-corrected chi connectivity index (χ4v) is 0.758. The van der Waals surface area contributed by atoms with E-state index >= 15 is 0 Å². The molecule has 5 heteroatoms. The lowest BCUT2D eigenvalue weighted by atomic mass is 10.4. The Morgan fingerprint density at radius 2 is 2.45 bits per heavy atom. The van der Waals surface area contributed by atoms with Gasteiger partial charge < -0.3 is 11.5 Å². The van der Waals surface area contributed by atoms with Gasteiger partial charge in [0, 0.05) is 18.3 Å². The van der Waals surface area contributed by atoms with Crippen LogP contribution in [-0.2, 0) is 17.9 Å². The largest absolute Gasteiger partial charge is 0.368 e. The van der Waals surface area contributed by atoms with Crippen molar-refractivity contribution in [2.45, 2.75) is 13.1 Å². The topological polar surface area (TPSA) is 86.9 Å². The molecule has 0 spiro atoms. The first-order chi connectivity index (χ1) is 5.22. The van der Waals surface area contributed by atoms with Crippen LogP contribution in [0.5, 0.6) is 0 Å². The third-order valence-electron chi connectivity index (χ3n) is 1.24. The molecular weight excluding hydrogens is 144 g/mol. The van der Waals surface area contributed by atoms with E-state index in [1.165, 1.54) is 4.68 Å².